The van der Waals surface area contributed by atoms with Gasteiger partial charge in [0.25, 0.3) is 0 Å². The molecular formula is C19H29B3F2N2O2. The first-order valence-corrected chi connectivity index (χ1v) is 10.2. The lowest BCUT2D eigenvalue weighted by Crippen LogP contribution is -2.78. The van der Waals surface area contributed by atoms with Crippen LogP contribution in [0.25, 0.3) is 0 Å². The molecule has 9 heteroatoms. The summed E-state index contributed by atoms with van der Waals surface area (Å²) in [7, 11) is 6.05. The number of ether oxygens (including phenoxy) is 1. The van der Waals surface area contributed by atoms with Crippen LogP contribution in [-0.4, -0.2) is 81.9 Å². The number of morpholine rings is 1. The molecule has 3 rings (SSSR count). The van der Waals surface area contributed by atoms with E-state index in [1.807, 2.05) is 26.6 Å². The topological polar surface area (TPSA) is 32.8 Å². The van der Waals surface area contributed by atoms with Crippen LogP contribution in [0.5, 0.6) is 0 Å². The molecule has 28 heavy (non-hydrogen) atoms. The van der Waals surface area contributed by atoms with Crippen LogP contribution >= 0.6 is 0 Å². The predicted octanol–water partition coefficient (Wildman–Crippen LogP) is -0.510. The molecule has 0 saturated carbocycles. The van der Waals surface area contributed by atoms with Crippen LogP contribution in [0, 0.1) is 11.6 Å². The maximum Gasteiger partial charge on any atom is 0.244 e. The van der Waals surface area contributed by atoms with E-state index in [1.54, 1.807) is 0 Å². The maximum absolute atomic E-state index is 13.9. The second-order valence-electron chi connectivity index (χ2n) is 9.04. The fraction of sp³-hybridized carbons (Fsp3) is 0.632. The minimum Gasteiger partial charge on any atom is -0.367 e. The van der Waals surface area contributed by atoms with Crippen molar-refractivity contribution in [1.82, 2.24) is 9.80 Å². The van der Waals surface area contributed by atoms with Crippen molar-refractivity contribution in [3.05, 3.63) is 35.4 Å². The predicted molar refractivity (Wildman–Crippen MR) is 114 cm³/mol. The normalized spacial score (nSPS) is 27.3. The number of halogens is 2. The molecule has 2 fully saturated rings. The fourth-order valence-corrected chi connectivity index (χ4v) is 4.89. The summed E-state index contributed by atoms with van der Waals surface area (Å²) < 4.78 is 33.7. The van der Waals surface area contributed by atoms with Gasteiger partial charge in [0.15, 0.2) is 7.85 Å². The monoisotopic (exact) mass is 388 g/mol. The van der Waals surface area contributed by atoms with Gasteiger partial charge in [0.05, 0.1) is 5.60 Å². The van der Waals surface area contributed by atoms with E-state index in [1.165, 1.54) is 12.1 Å². The van der Waals surface area contributed by atoms with Gasteiger partial charge in [0.1, 0.15) is 32.8 Å². The molecule has 1 amide bonds. The fourth-order valence-electron chi connectivity index (χ4n) is 4.89. The summed E-state index contributed by atoms with van der Waals surface area (Å²) in [5, 5.41) is -0.394. The first kappa shape index (κ1) is 21.4. The van der Waals surface area contributed by atoms with Gasteiger partial charge in [-0.1, -0.05) is 0 Å². The molecule has 2 aliphatic heterocycles. The zero-order valence-corrected chi connectivity index (χ0v) is 17.6. The van der Waals surface area contributed by atoms with E-state index in [0.717, 1.165) is 32.0 Å². The van der Waals surface area contributed by atoms with E-state index in [0.29, 0.717) is 25.1 Å². The van der Waals surface area contributed by atoms with Gasteiger partial charge in [-0.3, -0.25) is 4.79 Å². The van der Waals surface area contributed by atoms with Crippen molar-refractivity contribution >= 4 is 29.4 Å². The average molecular weight is 388 g/mol. The SMILES string of the molecule is BC1(C)OC2(CCN(CCc3cc(F)ccc3F)CC2)C(B)(B)N(CC)C1=O. The number of benzene rings is 1. The molecule has 1 atom stereocenters. The van der Waals surface area contributed by atoms with Crippen molar-refractivity contribution in [2.24, 2.45) is 0 Å². The van der Waals surface area contributed by atoms with Gasteiger partial charge < -0.3 is 14.5 Å². The highest BCUT2D eigenvalue weighted by Gasteiger charge is 2.59. The summed E-state index contributed by atoms with van der Waals surface area (Å²) in [6.45, 7) is 6.81. The highest BCUT2D eigenvalue weighted by Crippen LogP contribution is 2.44. The van der Waals surface area contributed by atoms with Crippen LogP contribution in [0.4, 0.5) is 8.78 Å². The van der Waals surface area contributed by atoms with Crippen molar-refractivity contribution in [3.8, 4) is 0 Å². The van der Waals surface area contributed by atoms with Crippen LogP contribution in [-0.2, 0) is 16.0 Å². The van der Waals surface area contributed by atoms with E-state index in [-0.39, 0.29) is 11.7 Å². The van der Waals surface area contributed by atoms with Crippen molar-refractivity contribution in [2.75, 3.05) is 26.2 Å². The molecule has 0 aromatic heterocycles. The molecule has 0 bridgehead atoms. The summed E-state index contributed by atoms with van der Waals surface area (Å²) in [5.41, 5.74) is -0.821. The number of nitrogens with zero attached hydrogens (tertiary/aromatic N) is 2. The molecule has 2 aliphatic rings. The lowest BCUT2D eigenvalue weighted by atomic mass is 9.47. The summed E-state index contributed by atoms with van der Waals surface area (Å²) >= 11 is 0. The van der Waals surface area contributed by atoms with E-state index >= 15 is 0 Å². The van der Waals surface area contributed by atoms with Gasteiger partial charge in [-0.2, -0.15) is 0 Å². The highest BCUT2D eigenvalue weighted by molar-refractivity contribution is 6.43. The zero-order chi connectivity index (χ0) is 20.7. The highest BCUT2D eigenvalue weighted by atomic mass is 19.1. The third-order valence-corrected chi connectivity index (χ3v) is 6.69. The van der Waals surface area contributed by atoms with Crippen molar-refractivity contribution in [1.29, 1.82) is 0 Å². The first-order valence-electron chi connectivity index (χ1n) is 10.2. The lowest BCUT2D eigenvalue weighted by molar-refractivity contribution is -0.214. The Hall–Kier alpha value is -1.34. The molecule has 1 aromatic carbocycles. The third kappa shape index (κ3) is 3.63. The Kier molecular flexibility index (Phi) is 5.72. The third-order valence-electron chi connectivity index (χ3n) is 6.69. The number of likely N-dealkylation sites (N-methyl/N-ethyl adjacent to an activating group) is 1. The Bertz CT molecular complexity index is 753. The molecule has 0 N–H and O–H groups in total. The van der Waals surface area contributed by atoms with Gasteiger partial charge in [-0.15, -0.1) is 0 Å². The van der Waals surface area contributed by atoms with Crippen LogP contribution in [0.3, 0.4) is 0 Å². The Balaban J connectivity index is 1.69. The number of hydrogen-bond acceptors (Lipinski definition) is 3. The van der Waals surface area contributed by atoms with Crippen molar-refractivity contribution < 1.29 is 18.3 Å². The maximum atomic E-state index is 13.9. The van der Waals surface area contributed by atoms with E-state index < -0.39 is 22.3 Å². The van der Waals surface area contributed by atoms with E-state index in [9.17, 15) is 13.6 Å². The second-order valence-corrected chi connectivity index (χ2v) is 9.04. The molecule has 2 saturated heterocycles. The Morgan fingerprint density at radius 2 is 1.82 bits per heavy atom. The number of carbonyl (C=O) groups excluding carboxylic acids is 1. The largest absolute Gasteiger partial charge is 0.367 e. The quantitative estimate of drug-likeness (QED) is 0.652. The number of hydrogen-bond donors (Lipinski definition) is 0. The van der Waals surface area contributed by atoms with E-state index in [2.05, 4.69) is 20.6 Å². The zero-order valence-electron chi connectivity index (χ0n) is 17.6. The molecule has 1 unspecified atom stereocenters. The number of likely N-dealkylation sites (tertiary alicyclic amines) is 1. The standard InChI is InChI=1S/C19H29B3F2N2O2/c1-3-26-16(27)17(2,20)28-18(19(26,21)22)7-10-25(11-8-18)9-6-13-12-14(23)4-5-15(13)24/h4-5,12H,3,6-11,20-22H2,1-2H3. The minimum absolute atomic E-state index is 0.0367. The van der Waals surface area contributed by atoms with Crippen LogP contribution in [0.1, 0.15) is 32.3 Å². The van der Waals surface area contributed by atoms with Crippen molar-refractivity contribution in [3.63, 3.8) is 0 Å². The van der Waals surface area contributed by atoms with E-state index in [4.69, 9.17) is 4.74 Å². The smallest absolute Gasteiger partial charge is 0.244 e. The lowest BCUT2D eigenvalue weighted by Gasteiger charge is -2.62. The molecular weight excluding hydrogens is 359 g/mol. The number of rotatable bonds is 4. The number of piperidine rings is 1. The Morgan fingerprint density at radius 3 is 2.43 bits per heavy atom. The summed E-state index contributed by atoms with van der Waals surface area (Å²) in [6, 6.07) is 3.61. The summed E-state index contributed by atoms with van der Waals surface area (Å²) in [6.07, 6.45) is 2.09. The minimum atomic E-state index is -0.835. The Morgan fingerprint density at radius 1 is 1.18 bits per heavy atom. The molecule has 1 spiro atoms. The van der Waals surface area contributed by atoms with Crippen LogP contribution in [0.15, 0.2) is 18.2 Å². The van der Waals surface area contributed by atoms with Gasteiger partial charge in [-0.05, 0) is 56.9 Å². The molecule has 4 nitrogen and oxygen atoms in total. The van der Waals surface area contributed by atoms with Gasteiger partial charge >= 0.3 is 0 Å². The molecule has 1 aromatic rings. The average Bonchev–Trinajstić information content (AvgIpc) is 2.62. The number of carbonyl (C=O) groups is 1. The van der Waals surface area contributed by atoms with Gasteiger partial charge in [0, 0.05) is 31.5 Å². The summed E-state index contributed by atoms with van der Waals surface area (Å²) in [4.78, 5) is 17.1. The molecule has 150 valence electrons. The van der Waals surface area contributed by atoms with Crippen LogP contribution in [0.2, 0.25) is 0 Å². The first-order chi connectivity index (χ1) is 13.0. The molecule has 0 radical (unpaired) electrons. The summed E-state index contributed by atoms with van der Waals surface area (Å²) in [5.74, 6) is -0.724. The molecule has 2 heterocycles. The number of amides is 1. The second kappa shape index (κ2) is 7.49. The van der Waals surface area contributed by atoms with Gasteiger partial charge in [-0.25, -0.2) is 8.78 Å². The van der Waals surface area contributed by atoms with Crippen LogP contribution < -0.4 is 0 Å². The Labute approximate surface area is 169 Å². The van der Waals surface area contributed by atoms with Crippen molar-refractivity contribution in [2.45, 2.75) is 49.5 Å². The van der Waals surface area contributed by atoms with Gasteiger partial charge in [0.2, 0.25) is 5.91 Å². The molecule has 0 aliphatic carbocycles.